The third-order valence-corrected chi connectivity index (χ3v) is 6.34. The molecule has 2 aromatic rings. The van der Waals surface area contributed by atoms with Gasteiger partial charge in [-0.2, -0.15) is 0 Å². The lowest BCUT2D eigenvalue weighted by molar-refractivity contribution is -0.140. The maximum absolute atomic E-state index is 12.1. The van der Waals surface area contributed by atoms with Crippen LogP contribution in [0.2, 0.25) is 0 Å². The van der Waals surface area contributed by atoms with Crippen molar-refractivity contribution in [2.24, 2.45) is 0 Å². The van der Waals surface area contributed by atoms with E-state index in [1.807, 2.05) is 6.92 Å². The van der Waals surface area contributed by atoms with Crippen LogP contribution in [-0.4, -0.2) is 49.1 Å². The van der Waals surface area contributed by atoms with Crippen LogP contribution in [0.4, 0.5) is 0 Å². The first-order valence-electron chi connectivity index (χ1n) is 6.97. The third-order valence-electron chi connectivity index (χ3n) is 3.49. The summed E-state index contributed by atoms with van der Waals surface area (Å²) in [6, 6.07) is 4.51. The summed E-state index contributed by atoms with van der Waals surface area (Å²) in [7, 11) is -0.589. The molecule has 1 aliphatic rings. The lowest BCUT2D eigenvalue weighted by Gasteiger charge is -2.10. The number of thioether (sulfide) groups is 1. The molecule has 0 bridgehead atoms. The standard InChI is InChI=1S/C14H16N2O5S2/c1-8-6-12(13(17)20-8)22-14-15-10-7-9(4-5-11(10)21-14)23(18,19)16(2)3/h4-5,7-8,12H,6H2,1-3H3/t8-,12-/m1/s1. The van der Waals surface area contributed by atoms with E-state index in [-0.39, 0.29) is 22.2 Å². The lowest BCUT2D eigenvalue weighted by Crippen LogP contribution is -2.22. The number of hydrogen-bond donors (Lipinski definition) is 0. The SMILES string of the molecule is C[C@@H]1C[C@@H](Sc2nc3cc(S(=O)(=O)N(C)C)ccc3o2)C(=O)O1. The first-order valence-corrected chi connectivity index (χ1v) is 9.29. The monoisotopic (exact) mass is 356 g/mol. The van der Waals surface area contributed by atoms with Crippen LogP contribution in [0.5, 0.6) is 0 Å². The van der Waals surface area contributed by atoms with E-state index in [4.69, 9.17) is 9.15 Å². The molecular weight excluding hydrogens is 340 g/mol. The summed E-state index contributed by atoms with van der Waals surface area (Å²) in [6.07, 6.45) is 0.490. The van der Waals surface area contributed by atoms with E-state index in [1.165, 1.54) is 38.0 Å². The number of benzene rings is 1. The quantitative estimate of drug-likeness (QED) is 0.773. The van der Waals surface area contributed by atoms with Gasteiger partial charge < -0.3 is 9.15 Å². The van der Waals surface area contributed by atoms with E-state index in [1.54, 1.807) is 6.07 Å². The molecule has 0 N–H and O–H groups in total. The van der Waals surface area contributed by atoms with Crippen LogP contribution in [0.25, 0.3) is 11.1 Å². The van der Waals surface area contributed by atoms with Gasteiger partial charge in [-0.05, 0) is 25.1 Å². The Labute approximate surface area is 138 Å². The van der Waals surface area contributed by atoms with Crippen LogP contribution in [0.3, 0.4) is 0 Å². The van der Waals surface area contributed by atoms with Gasteiger partial charge in [0, 0.05) is 20.5 Å². The van der Waals surface area contributed by atoms with E-state index in [0.29, 0.717) is 22.7 Å². The first-order chi connectivity index (χ1) is 10.8. The van der Waals surface area contributed by atoms with Crippen LogP contribution in [0.15, 0.2) is 32.7 Å². The van der Waals surface area contributed by atoms with Gasteiger partial charge in [0.15, 0.2) is 5.58 Å². The van der Waals surface area contributed by atoms with Crippen molar-refractivity contribution in [1.82, 2.24) is 9.29 Å². The molecule has 124 valence electrons. The van der Waals surface area contributed by atoms with Crippen LogP contribution in [0.1, 0.15) is 13.3 Å². The molecule has 9 heteroatoms. The molecule has 1 aromatic heterocycles. The van der Waals surface area contributed by atoms with Crippen molar-refractivity contribution in [2.75, 3.05) is 14.1 Å². The fraction of sp³-hybridized carbons (Fsp3) is 0.429. The summed E-state index contributed by atoms with van der Waals surface area (Å²) in [5.41, 5.74) is 0.916. The smallest absolute Gasteiger partial charge is 0.320 e. The van der Waals surface area contributed by atoms with Gasteiger partial charge in [0.25, 0.3) is 5.22 Å². The Morgan fingerprint density at radius 2 is 2.09 bits per heavy atom. The zero-order valence-corrected chi connectivity index (χ0v) is 14.5. The Balaban J connectivity index is 1.89. The first kappa shape index (κ1) is 16.3. The summed E-state index contributed by atoms with van der Waals surface area (Å²) in [5, 5.41) is -0.0153. The van der Waals surface area contributed by atoms with Crippen molar-refractivity contribution in [3.63, 3.8) is 0 Å². The van der Waals surface area contributed by atoms with Crippen LogP contribution in [-0.2, 0) is 19.6 Å². The number of nitrogens with zero attached hydrogens (tertiary/aromatic N) is 2. The predicted octanol–water partition coefficient (Wildman–Crippen LogP) is 1.87. The number of aromatic nitrogens is 1. The van der Waals surface area contributed by atoms with Gasteiger partial charge in [-0.25, -0.2) is 17.7 Å². The van der Waals surface area contributed by atoms with E-state index in [9.17, 15) is 13.2 Å². The number of carbonyl (C=O) groups is 1. The maximum Gasteiger partial charge on any atom is 0.320 e. The van der Waals surface area contributed by atoms with Gasteiger partial charge in [0.2, 0.25) is 10.0 Å². The van der Waals surface area contributed by atoms with Gasteiger partial charge in [-0.1, -0.05) is 11.8 Å². The summed E-state index contributed by atoms with van der Waals surface area (Å²) in [4.78, 5) is 16.1. The van der Waals surface area contributed by atoms with Crippen LogP contribution >= 0.6 is 11.8 Å². The molecule has 0 spiro atoms. The molecule has 0 saturated carbocycles. The van der Waals surface area contributed by atoms with E-state index in [2.05, 4.69) is 4.98 Å². The highest BCUT2D eigenvalue weighted by Gasteiger charge is 2.34. The summed E-state index contributed by atoms with van der Waals surface area (Å²) >= 11 is 1.20. The molecule has 1 fully saturated rings. The summed E-state index contributed by atoms with van der Waals surface area (Å²) < 4.78 is 36.1. The van der Waals surface area contributed by atoms with Gasteiger partial charge in [0.05, 0.1) is 4.90 Å². The number of carbonyl (C=O) groups excluding carboxylic acids is 1. The molecule has 1 aromatic carbocycles. The lowest BCUT2D eigenvalue weighted by atomic mass is 10.3. The normalized spacial score (nSPS) is 22.0. The van der Waals surface area contributed by atoms with Crippen LogP contribution in [0, 0.1) is 0 Å². The molecule has 1 saturated heterocycles. The highest BCUT2D eigenvalue weighted by atomic mass is 32.2. The molecule has 0 aliphatic carbocycles. The minimum Gasteiger partial charge on any atom is -0.462 e. The molecule has 1 aliphatic heterocycles. The molecule has 0 unspecified atom stereocenters. The number of cyclic esters (lactones) is 1. The minimum atomic E-state index is -3.53. The number of hydrogen-bond acceptors (Lipinski definition) is 7. The highest BCUT2D eigenvalue weighted by Crippen LogP contribution is 2.33. The van der Waals surface area contributed by atoms with Crippen molar-refractivity contribution in [3.8, 4) is 0 Å². The Bertz CT molecular complexity index is 859. The topological polar surface area (TPSA) is 89.7 Å². The van der Waals surface area contributed by atoms with Gasteiger partial charge >= 0.3 is 5.97 Å². The van der Waals surface area contributed by atoms with Crippen molar-refractivity contribution in [2.45, 2.75) is 34.8 Å². The van der Waals surface area contributed by atoms with Crippen molar-refractivity contribution < 1.29 is 22.4 Å². The molecule has 2 heterocycles. The number of fused-ring (bicyclic) bond motifs is 1. The summed E-state index contributed by atoms with van der Waals surface area (Å²) in [6.45, 7) is 1.84. The molecule has 0 amide bonds. The molecule has 0 radical (unpaired) electrons. The molecule has 7 nitrogen and oxygen atoms in total. The van der Waals surface area contributed by atoms with E-state index in [0.717, 1.165) is 4.31 Å². The fourth-order valence-corrected chi connectivity index (χ4v) is 4.22. The number of esters is 1. The molecule has 2 atom stereocenters. The maximum atomic E-state index is 12.1. The second-order valence-corrected chi connectivity index (χ2v) is 8.79. The van der Waals surface area contributed by atoms with Gasteiger partial charge in [-0.3, -0.25) is 4.79 Å². The highest BCUT2D eigenvalue weighted by molar-refractivity contribution is 8.00. The Kier molecular flexibility index (Phi) is 4.11. The number of ether oxygens (including phenoxy) is 1. The Morgan fingerprint density at radius 3 is 2.70 bits per heavy atom. The third kappa shape index (κ3) is 3.08. The Hall–Kier alpha value is -1.58. The number of sulfonamides is 1. The number of rotatable bonds is 4. The zero-order chi connectivity index (χ0) is 16.8. The largest absolute Gasteiger partial charge is 0.462 e. The predicted molar refractivity (Wildman–Crippen MR) is 84.7 cm³/mol. The van der Waals surface area contributed by atoms with E-state index < -0.39 is 10.0 Å². The average molecular weight is 356 g/mol. The second-order valence-electron chi connectivity index (χ2n) is 5.49. The minimum absolute atomic E-state index is 0.110. The average Bonchev–Trinajstić information content (AvgIpc) is 3.00. The van der Waals surface area contributed by atoms with E-state index >= 15 is 0 Å². The fourth-order valence-electron chi connectivity index (χ4n) is 2.25. The van der Waals surface area contributed by atoms with Crippen molar-refractivity contribution >= 4 is 38.9 Å². The van der Waals surface area contributed by atoms with Gasteiger partial charge in [-0.15, -0.1) is 0 Å². The molecule has 23 heavy (non-hydrogen) atoms. The van der Waals surface area contributed by atoms with Crippen LogP contribution < -0.4 is 0 Å². The number of oxazole rings is 1. The summed E-state index contributed by atoms with van der Waals surface area (Å²) in [5.74, 6) is -0.277. The molecule has 3 rings (SSSR count). The Morgan fingerprint density at radius 1 is 1.35 bits per heavy atom. The zero-order valence-electron chi connectivity index (χ0n) is 12.8. The molecular formula is C14H16N2O5S2. The van der Waals surface area contributed by atoms with Crippen molar-refractivity contribution in [3.05, 3.63) is 18.2 Å². The second kappa shape index (κ2) is 5.81. The van der Waals surface area contributed by atoms with Gasteiger partial charge in [0.1, 0.15) is 16.9 Å². The van der Waals surface area contributed by atoms with Crippen molar-refractivity contribution in [1.29, 1.82) is 0 Å².